The summed E-state index contributed by atoms with van der Waals surface area (Å²) in [4.78, 5) is 10.6. The standard InChI is InChI=1S/C14H20N2O3S/c1-2-6-19-14-8-12(3-4-13(14)16(17)18)15-9-11-5-7-20-10-11/h3-4,8,11,15H,2,5-7,9-10H2,1H3. The molecule has 6 heteroatoms. The highest BCUT2D eigenvalue weighted by atomic mass is 32.2. The van der Waals surface area contributed by atoms with Gasteiger partial charge in [-0.1, -0.05) is 6.92 Å². The molecule has 0 aliphatic carbocycles. The van der Waals surface area contributed by atoms with Gasteiger partial charge in [0.2, 0.25) is 0 Å². The molecule has 0 radical (unpaired) electrons. The van der Waals surface area contributed by atoms with Crippen LogP contribution < -0.4 is 10.1 Å². The minimum Gasteiger partial charge on any atom is -0.487 e. The van der Waals surface area contributed by atoms with E-state index < -0.39 is 4.92 Å². The Morgan fingerprint density at radius 2 is 2.40 bits per heavy atom. The van der Waals surface area contributed by atoms with Gasteiger partial charge < -0.3 is 10.1 Å². The molecule has 1 unspecified atom stereocenters. The lowest BCUT2D eigenvalue weighted by molar-refractivity contribution is -0.385. The molecule has 0 bridgehead atoms. The van der Waals surface area contributed by atoms with Crippen molar-refractivity contribution >= 4 is 23.1 Å². The second-order valence-corrected chi connectivity index (χ2v) is 6.05. The molecule has 0 aromatic heterocycles. The van der Waals surface area contributed by atoms with Gasteiger partial charge in [0.1, 0.15) is 0 Å². The number of nitrogens with one attached hydrogen (secondary N) is 1. The molecule has 1 fully saturated rings. The second kappa shape index (κ2) is 7.38. The Bertz CT molecular complexity index is 462. The third-order valence-electron chi connectivity index (χ3n) is 3.24. The Labute approximate surface area is 123 Å². The highest BCUT2D eigenvalue weighted by molar-refractivity contribution is 7.99. The Kier molecular flexibility index (Phi) is 5.52. The summed E-state index contributed by atoms with van der Waals surface area (Å²) in [5.74, 6) is 3.47. The molecule has 0 saturated carbocycles. The van der Waals surface area contributed by atoms with Crippen LogP contribution in [0.4, 0.5) is 11.4 Å². The zero-order valence-electron chi connectivity index (χ0n) is 11.6. The fraction of sp³-hybridized carbons (Fsp3) is 0.571. The van der Waals surface area contributed by atoms with Crippen molar-refractivity contribution in [1.82, 2.24) is 0 Å². The Balaban J connectivity index is 2.03. The van der Waals surface area contributed by atoms with Crippen molar-refractivity contribution in [1.29, 1.82) is 0 Å². The van der Waals surface area contributed by atoms with Crippen LogP contribution in [0.2, 0.25) is 0 Å². The first kappa shape index (κ1) is 15.0. The Hall–Kier alpha value is -1.43. The first-order valence-electron chi connectivity index (χ1n) is 6.93. The number of benzene rings is 1. The fourth-order valence-corrected chi connectivity index (χ4v) is 3.39. The summed E-state index contributed by atoms with van der Waals surface area (Å²) in [5.41, 5.74) is 0.916. The number of nitro groups is 1. The maximum absolute atomic E-state index is 11.0. The summed E-state index contributed by atoms with van der Waals surface area (Å²) in [6.45, 7) is 3.38. The molecular weight excluding hydrogens is 276 g/mol. The van der Waals surface area contributed by atoms with Gasteiger partial charge in [0.25, 0.3) is 0 Å². The summed E-state index contributed by atoms with van der Waals surface area (Å²) in [7, 11) is 0. The molecule has 1 heterocycles. The van der Waals surface area contributed by atoms with E-state index in [4.69, 9.17) is 4.74 Å². The fourth-order valence-electron chi connectivity index (χ4n) is 2.11. The molecule has 1 aliphatic rings. The number of thioether (sulfide) groups is 1. The first-order chi connectivity index (χ1) is 9.70. The number of hydrogen-bond acceptors (Lipinski definition) is 5. The van der Waals surface area contributed by atoms with Crippen LogP contribution in [-0.2, 0) is 0 Å². The molecule has 20 heavy (non-hydrogen) atoms. The van der Waals surface area contributed by atoms with Crippen molar-refractivity contribution in [2.45, 2.75) is 19.8 Å². The maximum atomic E-state index is 11.0. The molecule has 1 aliphatic heterocycles. The Morgan fingerprint density at radius 1 is 1.55 bits per heavy atom. The average molecular weight is 296 g/mol. The topological polar surface area (TPSA) is 64.4 Å². The van der Waals surface area contributed by atoms with Crippen molar-refractivity contribution in [3.8, 4) is 5.75 Å². The van der Waals surface area contributed by atoms with Gasteiger partial charge in [-0.25, -0.2) is 0 Å². The van der Waals surface area contributed by atoms with E-state index in [1.165, 1.54) is 24.0 Å². The number of ether oxygens (including phenoxy) is 1. The predicted octanol–water partition coefficient (Wildman–Crippen LogP) is 3.55. The third kappa shape index (κ3) is 4.03. The van der Waals surface area contributed by atoms with Crippen LogP contribution in [0.5, 0.6) is 5.75 Å². The van der Waals surface area contributed by atoms with Crippen LogP contribution >= 0.6 is 11.8 Å². The molecule has 110 valence electrons. The lowest BCUT2D eigenvalue weighted by Gasteiger charge is -2.12. The molecule has 0 spiro atoms. The zero-order valence-corrected chi connectivity index (χ0v) is 12.4. The van der Waals surface area contributed by atoms with Gasteiger partial charge in [-0.15, -0.1) is 0 Å². The van der Waals surface area contributed by atoms with Crippen molar-refractivity contribution in [3.63, 3.8) is 0 Å². The lowest BCUT2D eigenvalue weighted by atomic mass is 10.1. The number of nitrogens with zero attached hydrogens (tertiary/aromatic N) is 1. The van der Waals surface area contributed by atoms with Crippen molar-refractivity contribution in [2.75, 3.05) is 30.0 Å². The van der Waals surface area contributed by atoms with Gasteiger partial charge in [-0.3, -0.25) is 10.1 Å². The Morgan fingerprint density at radius 3 is 3.05 bits per heavy atom. The largest absolute Gasteiger partial charge is 0.487 e. The third-order valence-corrected chi connectivity index (χ3v) is 4.47. The van der Waals surface area contributed by atoms with E-state index >= 15 is 0 Å². The van der Waals surface area contributed by atoms with E-state index in [0.717, 1.165) is 18.7 Å². The SMILES string of the molecule is CCCOc1cc(NCC2CCSC2)ccc1[N+](=O)[O-]. The summed E-state index contributed by atoms with van der Waals surface area (Å²) < 4.78 is 5.47. The molecule has 1 saturated heterocycles. The average Bonchev–Trinajstić information content (AvgIpc) is 2.96. The van der Waals surface area contributed by atoms with Gasteiger partial charge in [-0.2, -0.15) is 11.8 Å². The van der Waals surface area contributed by atoms with Crippen LogP contribution in [0.3, 0.4) is 0 Å². The number of hydrogen-bond donors (Lipinski definition) is 1. The van der Waals surface area contributed by atoms with E-state index in [1.54, 1.807) is 12.1 Å². The quantitative estimate of drug-likeness (QED) is 0.616. The molecular formula is C14H20N2O3S. The van der Waals surface area contributed by atoms with Crippen molar-refractivity contribution < 1.29 is 9.66 Å². The molecule has 1 atom stereocenters. The minimum atomic E-state index is -0.400. The minimum absolute atomic E-state index is 0.0282. The molecule has 1 aromatic rings. The normalized spacial score (nSPS) is 17.9. The van der Waals surface area contributed by atoms with Crippen LogP contribution in [0.25, 0.3) is 0 Å². The van der Waals surface area contributed by atoms with Gasteiger partial charge in [0.05, 0.1) is 11.5 Å². The maximum Gasteiger partial charge on any atom is 0.311 e. The van der Waals surface area contributed by atoms with Crippen LogP contribution in [-0.4, -0.2) is 29.6 Å². The van der Waals surface area contributed by atoms with Crippen LogP contribution in [0, 0.1) is 16.0 Å². The highest BCUT2D eigenvalue weighted by Crippen LogP contribution is 2.31. The van der Waals surface area contributed by atoms with E-state index in [9.17, 15) is 10.1 Å². The summed E-state index contributed by atoms with van der Waals surface area (Å²) in [6, 6.07) is 4.99. The summed E-state index contributed by atoms with van der Waals surface area (Å²) >= 11 is 1.98. The van der Waals surface area contributed by atoms with Gasteiger partial charge >= 0.3 is 5.69 Å². The molecule has 0 amide bonds. The smallest absolute Gasteiger partial charge is 0.311 e. The van der Waals surface area contributed by atoms with Gasteiger partial charge in [-0.05, 0) is 36.3 Å². The van der Waals surface area contributed by atoms with E-state index in [1.807, 2.05) is 18.7 Å². The second-order valence-electron chi connectivity index (χ2n) is 4.90. The molecule has 2 rings (SSSR count). The molecule has 1 N–H and O–H groups in total. The molecule has 5 nitrogen and oxygen atoms in total. The summed E-state index contributed by atoms with van der Waals surface area (Å²) in [6.07, 6.45) is 2.07. The number of rotatable bonds is 7. The van der Waals surface area contributed by atoms with Crippen LogP contribution in [0.1, 0.15) is 19.8 Å². The predicted molar refractivity (Wildman–Crippen MR) is 82.8 cm³/mol. The van der Waals surface area contributed by atoms with Crippen molar-refractivity contribution in [2.24, 2.45) is 5.92 Å². The first-order valence-corrected chi connectivity index (χ1v) is 8.09. The van der Waals surface area contributed by atoms with Gasteiger partial charge in [0.15, 0.2) is 5.75 Å². The lowest BCUT2D eigenvalue weighted by Crippen LogP contribution is -2.13. The van der Waals surface area contributed by atoms with E-state index in [2.05, 4.69) is 5.32 Å². The summed E-state index contributed by atoms with van der Waals surface area (Å²) in [5, 5.41) is 14.3. The van der Waals surface area contributed by atoms with E-state index in [0.29, 0.717) is 18.3 Å². The van der Waals surface area contributed by atoms with Crippen LogP contribution in [0.15, 0.2) is 18.2 Å². The van der Waals surface area contributed by atoms with Crippen molar-refractivity contribution in [3.05, 3.63) is 28.3 Å². The number of nitro benzene ring substituents is 1. The van der Waals surface area contributed by atoms with E-state index in [-0.39, 0.29) is 5.69 Å². The zero-order chi connectivity index (χ0) is 14.4. The van der Waals surface area contributed by atoms with Gasteiger partial charge in [0, 0.05) is 24.4 Å². The molecule has 1 aromatic carbocycles. The number of anilines is 1. The monoisotopic (exact) mass is 296 g/mol. The highest BCUT2D eigenvalue weighted by Gasteiger charge is 2.17.